The van der Waals surface area contributed by atoms with Gasteiger partial charge in [-0.2, -0.15) is 0 Å². The van der Waals surface area contributed by atoms with Crippen LogP contribution in [-0.4, -0.2) is 36.5 Å². The van der Waals surface area contributed by atoms with E-state index >= 15 is 0 Å². The number of carbonyl (C=O) groups is 1. The quantitative estimate of drug-likeness (QED) is 0.770. The summed E-state index contributed by atoms with van der Waals surface area (Å²) in [4.78, 5) is 17.8. The Morgan fingerprint density at radius 2 is 2.05 bits per heavy atom. The van der Waals surface area contributed by atoms with E-state index in [0.717, 1.165) is 17.7 Å². The number of hydrogen-bond acceptors (Lipinski definition) is 3. The Balaban J connectivity index is 1.89. The second-order valence-electron chi connectivity index (χ2n) is 4.98. The zero-order valence-corrected chi connectivity index (χ0v) is 12.9. The number of carbonyl (C=O) groups excluding carboxylic acids is 1. The maximum absolute atomic E-state index is 12.1. The Kier molecular flexibility index (Phi) is 5.72. The standard InChI is InChI=1S/C18H20N2O2/c1-20(13-10-15-8-11-19-12-9-15)18(21)7-6-16-4-3-5-17(14-16)22-2/h3-9,11-12,14H,10,13H2,1-2H3/b7-6+. The fourth-order valence-electron chi connectivity index (χ4n) is 2.00. The van der Waals surface area contributed by atoms with Gasteiger partial charge in [-0.3, -0.25) is 9.78 Å². The van der Waals surface area contributed by atoms with Gasteiger partial charge in [-0.15, -0.1) is 0 Å². The highest BCUT2D eigenvalue weighted by atomic mass is 16.5. The minimum atomic E-state index is -0.0168. The van der Waals surface area contributed by atoms with Gasteiger partial charge in [0.15, 0.2) is 0 Å². The van der Waals surface area contributed by atoms with E-state index in [2.05, 4.69) is 4.98 Å². The van der Waals surface area contributed by atoms with E-state index in [1.54, 1.807) is 43.6 Å². The number of ether oxygens (including phenoxy) is 1. The molecule has 4 nitrogen and oxygen atoms in total. The molecule has 22 heavy (non-hydrogen) atoms. The minimum Gasteiger partial charge on any atom is -0.497 e. The highest BCUT2D eigenvalue weighted by Gasteiger charge is 2.05. The molecule has 0 spiro atoms. The van der Waals surface area contributed by atoms with Crippen LogP contribution in [-0.2, 0) is 11.2 Å². The van der Waals surface area contributed by atoms with E-state index < -0.39 is 0 Å². The van der Waals surface area contributed by atoms with Crippen molar-refractivity contribution in [2.24, 2.45) is 0 Å². The van der Waals surface area contributed by atoms with E-state index in [9.17, 15) is 4.79 Å². The number of methoxy groups -OCH3 is 1. The first kappa shape index (κ1) is 15.8. The number of rotatable bonds is 6. The maximum atomic E-state index is 12.1. The van der Waals surface area contributed by atoms with Crippen LogP contribution in [0.1, 0.15) is 11.1 Å². The molecular weight excluding hydrogens is 276 g/mol. The number of amides is 1. The highest BCUT2D eigenvalue weighted by Crippen LogP contribution is 2.13. The lowest BCUT2D eigenvalue weighted by molar-refractivity contribution is -0.124. The molecular formula is C18H20N2O2. The van der Waals surface area contributed by atoms with Gasteiger partial charge in [-0.1, -0.05) is 12.1 Å². The van der Waals surface area contributed by atoms with Crippen molar-refractivity contribution in [3.05, 3.63) is 66.0 Å². The molecule has 1 amide bonds. The van der Waals surface area contributed by atoms with Gasteiger partial charge >= 0.3 is 0 Å². The van der Waals surface area contributed by atoms with Gasteiger partial charge in [0.2, 0.25) is 5.91 Å². The van der Waals surface area contributed by atoms with Gasteiger partial charge in [0.1, 0.15) is 5.75 Å². The topological polar surface area (TPSA) is 42.4 Å². The number of likely N-dealkylation sites (N-methyl/N-ethyl adjacent to an activating group) is 1. The van der Waals surface area contributed by atoms with Crippen molar-refractivity contribution in [2.45, 2.75) is 6.42 Å². The fourth-order valence-corrected chi connectivity index (χ4v) is 2.00. The number of pyridine rings is 1. The second kappa shape index (κ2) is 7.98. The van der Waals surface area contributed by atoms with Crippen LogP contribution in [0, 0.1) is 0 Å². The molecule has 1 heterocycles. The van der Waals surface area contributed by atoms with Gasteiger partial charge in [-0.25, -0.2) is 0 Å². The monoisotopic (exact) mass is 296 g/mol. The van der Waals surface area contributed by atoms with Crippen molar-refractivity contribution in [3.63, 3.8) is 0 Å². The van der Waals surface area contributed by atoms with Gasteiger partial charge < -0.3 is 9.64 Å². The van der Waals surface area contributed by atoms with Crippen LogP contribution in [0.25, 0.3) is 6.08 Å². The van der Waals surface area contributed by atoms with E-state index in [0.29, 0.717) is 6.54 Å². The van der Waals surface area contributed by atoms with Crippen LogP contribution >= 0.6 is 0 Å². The number of aromatic nitrogens is 1. The Bertz CT molecular complexity index is 639. The summed E-state index contributed by atoms with van der Waals surface area (Å²) < 4.78 is 5.16. The van der Waals surface area contributed by atoms with Crippen molar-refractivity contribution < 1.29 is 9.53 Å². The SMILES string of the molecule is COc1cccc(/C=C/C(=O)N(C)CCc2ccncc2)c1. The maximum Gasteiger partial charge on any atom is 0.246 e. The smallest absolute Gasteiger partial charge is 0.246 e. The van der Waals surface area contributed by atoms with Crippen molar-refractivity contribution in [1.82, 2.24) is 9.88 Å². The summed E-state index contributed by atoms with van der Waals surface area (Å²) in [7, 11) is 3.43. The Hall–Kier alpha value is -2.62. The molecule has 0 N–H and O–H groups in total. The molecule has 1 aromatic carbocycles. The molecule has 0 atom stereocenters. The molecule has 2 aromatic rings. The lowest BCUT2D eigenvalue weighted by Crippen LogP contribution is -2.27. The van der Waals surface area contributed by atoms with Crippen molar-refractivity contribution >= 4 is 12.0 Å². The summed E-state index contributed by atoms with van der Waals surface area (Å²) in [6.45, 7) is 0.672. The molecule has 0 saturated heterocycles. The molecule has 0 aliphatic carbocycles. The van der Waals surface area contributed by atoms with Crippen LogP contribution < -0.4 is 4.74 Å². The molecule has 4 heteroatoms. The average Bonchev–Trinajstić information content (AvgIpc) is 2.58. The van der Waals surface area contributed by atoms with Crippen LogP contribution in [0.15, 0.2) is 54.9 Å². The lowest BCUT2D eigenvalue weighted by atomic mass is 10.2. The van der Waals surface area contributed by atoms with Crippen LogP contribution in [0.3, 0.4) is 0 Å². The Morgan fingerprint density at radius 1 is 1.27 bits per heavy atom. The van der Waals surface area contributed by atoms with Gasteiger partial charge in [0.25, 0.3) is 0 Å². The second-order valence-corrected chi connectivity index (χ2v) is 4.98. The first-order chi connectivity index (χ1) is 10.7. The van der Waals surface area contributed by atoms with E-state index in [-0.39, 0.29) is 5.91 Å². The molecule has 1 aromatic heterocycles. The van der Waals surface area contributed by atoms with Crippen LogP contribution in [0.5, 0.6) is 5.75 Å². The Labute approximate surface area is 131 Å². The molecule has 0 aliphatic rings. The zero-order chi connectivity index (χ0) is 15.8. The number of nitrogens with zero attached hydrogens (tertiary/aromatic N) is 2. The summed E-state index contributed by atoms with van der Waals surface area (Å²) >= 11 is 0. The molecule has 2 rings (SSSR count). The summed E-state index contributed by atoms with van der Waals surface area (Å²) in [5.41, 5.74) is 2.11. The third-order valence-electron chi connectivity index (χ3n) is 3.37. The van der Waals surface area contributed by atoms with Gasteiger partial charge in [0, 0.05) is 32.1 Å². The van der Waals surface area contributed by atoms with Gasteiger partial charge in [-0.05, 0) is 47.9 Å². The van der Waals surface area contributed by atoms with E-state index in [4.69, 9.17) is 4.74 Å². The predicted molar refractivity (Wildman–Crippen MR) is 87.6 cm³/mol. The number of benzene rings is 1. The van der Waals surface area contributed by atoms with Crippen molar-refractivity contribution in [2.75, 3.05) is 20.7 Å². The average molecular weight is 296 g/mol. The van der Waals surface area contributed by atoms with E-state index in [1.165, 1.54) is 5.56 Å². The molecule has 0 radical (unpaired) electrons. The molecule has 0 fully saturated rings. The zero-order valence-electron chi connectivity index (χ0n) is 12.9. The molecule has 0 unspecified atom stereocenters. The van der Waals surface area contributed by atoms with Gasteiger partial charge in [0.05, 0.1) is 7.11 Å². The summed E-state index contributed by atoms with van der Waals surface area (Å²) in [5.74, 6) is 0.762. The molecule has 114 valence electrons. The Morgan fingerprint density at radius 3 is 2.77 bits per heavy atom. The normalized spacial score (nSPS) is 10.6. The number of hydrogen-bond donors (Lipinski definition) is 0. The lowest BCUT2D eigenvalue weighted by Gasteiger charge is -2.14. The van der Waals surface area contributed by atoms with Crippen molar-refractivity contribution in [3.8, 4) is 5.75 Å². The fraction of sp³-hybridized carbons (Fsp3) is 0.222. The summed E-state index contributed by atoms with van der Waals surface area (Å²) in [6.07, 6.45) is 7.73. The van der Waals surface area contributed by atoms with E-state index in [1.807, 2.05) is 36.4 Å². The third-order valence-corrected chi connectivity index (χ3v) is 3.37. The molecule has 0 bridgehead atoms. The first-order valence-corrected chi connectivity index (χ1v) is 7.15. The minimum absolute atomic E-state index is 0.0168. The largest absolute Gasteiger partial charge is 0.497 e. The molecule has 0 saturated carbocycles. The summed E-state index contributed by atoms with van der Waals surface area (Å²) in [6, 6.07) is 11.5. The first-order valence-electron chi connectivity index (χ1n) is 7.15. The summed E-state index contributed by atoms with van der Waals surface area (Å²) in [5, 5.41) is 0. The molecule has 0 aliphatic heterocycles. The van der Waals surface area contributed by atoms with Crippen molar-refractivity contribution in [1.29, 1.82) is 0 Å². The predicted octanol–water partition coefficient (Wildman–Crippen LogP) is 2.80. The van der Waals surface area contributed by atoms with Crippen LogP contribution in [0.2, 0.25) is 0 Å². The van der Waals surface area contributed by atoms with Crippen LogP contribution in [0.4, 0.5) is 0 Å². The third kappa shape index (κ3) is 4.74. The highest BCUT2D eigenvalue weighted by molar-refractivity contribution is 5.91.